The lowest BCUT2D eigenvalue weighted by Crippen LogP contribution is -2.45. The molecule has 2 heterocycles. The zero-order valence-electron chi connectivity index (χ0n) is 10.7. The van der Waals surface area contributed by atoms with Gasteiger partial charge in [0.1, 0.15) is 12.1 Å². The van der Waals surface area contributed by atoms with Crippen LogP contribution in [0.5, 0.6) is 0 Å². The maximum Gasteiger partial charge on any atom is 0.405 e. The van der Waals surface area contributed by atoms with Crippen molar-refractivity contribution in [1.82, 2.24) is 21.2 Å². The van der Waals surface area contributed by atoms with Gasteiger partial charge in [0.15, 0.2) is 0 Å². The Bertz CT molecular complexity index is 466. The number of nitrogens with zero attached hydrogens (tertiary/aromatic N) is 1. The van der Waals surface area contributed by atoms with Crippen LogP contribution in [0.15, 0.2) is 24.4 Å². The van der Waals surface area contributed by atoms with E-state index in [-0.39, 0.29) is 12.5 Å². The van der Waals surface area contributed by atoms with E-state index in [0.717, 1.165) is 0 Å². The lowest BCUT2D eigenvalue weighted by atomic mass is 10.1. The van der Waals surface area contributed by atoms with Crippen molar-refractivity contribution in [2.24, 2.45) is 0 Å². The number of nitrogens with one attached hydrogen (secondary N) is 3. The number of pyridine rings is 1. The highest BCUT2D eigenvalue weighted by atomic mass is 19.4. The molecule has 8 heteroatoms. The topological polar surface area (TPSA) is 66.1 Å². The molecule has 1 aliphatic heterocycles. The van der Waals surface area contributed by atoms with Crippen LogP contribution in [-0.4, -0.2) is 29.2 Å². The second-order valence-corrected chi connectivity index (χ2v) is 4.66. The molecule has 0 radical (unpaired) electrons. The summed E-state index contributed by atoms with van der Waals surface area (Å²) in [7, 11) is 0. The Labute approximate surface area is 113 Å². The maximum absolute atomic E-state index is 12.5. The van der Waals surface area contributed by atoms with Gasteiger partial charge >= 0.3 is 6.18 Å². The van der Waals surface area contributed by atoms with Crippen molar-refractivity contribution < 1.29 is 18.0 Å². The van der Waals surface area contributed by atoms with E-state index in [0.29, 0.717) is 5.69 Å². The number of rotatable bonds is 3. The molecule has 1 fully saturated rings. The molecule has 110 valence electrons. The molecule has 1 amide bonds. The van der Waals surface area contributed by atoms with Crippen LogP contribution in [0.4, 0.5) is 13.2 Å². The Morgan fingerprint density at radius 1 is 1.45 bits per heavy atom. The second-order valence-electron chi connectivity index (χ2n) is 4.66. The molecule has 1 aromatic heterocycles. The lowest BCUT2D eigenvalue weighted by Gasteiger charge is -2.16. The first kappa shape index (κ1) is 14.7. The molecule has 1 aromatic rings. The number of aromatic nitrogens is 1. The van der Waals surface area contributed by atoms with E-state index < -0.39 is 24.2 Å². The van der Waals surface area contributed by atoms with Gasteiger partial charge in [-0.25, -0.2) is 10.9 Å². The van der Waals surface area contributed by atoms with Gasteiger partial charge < -0.3 is 5.32 Å². The minimum absolute atomic E-state index is 0.329. The van der Waals surface area contributed by atoms with Gasteiger partial charge in [-0.1, -0.05) is 6.07 Å². The van der Waals surface area contributed by atoms with E-state index in [1.165, 1.54) is 0 Å². The Hall–Kier alpha value is -1.67. The average molecular weight is 288 g/mol. The fourth-order valence-corrected chi connectivity index (χ4v) is 1.96. The summed E-state index contributed by atoms with van der Waals surface area (Å²) >= 11 is 0. The van der Waals surface area contributed by atoms with Crippen molar-refractivity contribution in [2.45, 2.75) is 37.6 Å². The van der Waals surface area contributed by atoms with Gasteiger partial charge in [-0.3, -0.25) is 9.78 Å². The van der Waals surface area contributed by atoms with Crippen LogP contribution >= 0.6 is 0 Å². The molecule has 3 atom stereocenters. The first-order valence-corrected chi connectivity index (χ1v) is 6.17. The second kappa shape index (κ2) is 5.76. The largest absolute Gasteiger partial charge is 0.405 e. The summed E-state index contributed by atoms with van der Waals surface area (Å²) in [5.41, 5.74) is 5.11. The summed E-state index contributed by atoms with van der Waals surface area (Å²) in [5.74, 6) is -0.484. The van der Waals surface area contributed by atoms with Gasteiger partial charge in [-0.15, -0.1) is 0 Å². The fourth-order valence-electron chi connectivity index (χ4n) is 1.96. The molecule has 3 N–H and O–H groups in total. The third kappa shape index (κ3) is 3.45. The third-order valence-corrected chi connectivity index (χ3v) is 3.10. The summed E-state index contributed by atoms with van der Waals surface area (Å²) in [6.45, 7) is 1.73. The molecule has 1 saturated heterocycles. The molecular weight excluding hydrogens is 273 g/mol. The SMILES string of the molecule is CC(NC(=O)C1CC(C(F)(F)F)NN1)c1ccccn1. The Morgan fingerprint density at radius 2 is 2.20 bits per heavy atom. The predicted octanol–water partition coefficient (Wildman–Crippen LogP) is 1.06. The van der Waals surface area contributed by atoms with E-state index in [9.17, 15) is 18.0 Å². The number of carbonyl (C=O) groups is 1. The predicted molar refractivity (Wildman–Crippen MR) is 65.3 cm³/mol. The monoisotopic (exact) mass is 288 g/mol. The van der Waals surface area contributed by atoms with Gasteiger partial charge in [-0.05, 0) is 25.5 Å². The van der Waals surface area contributed by atoms with Gasteiger partial charge in [0.2, 0.25) is 5.91 Å². The molecule has 0 spiro atoms. The Morgan fingerprint density at radius 3 is 2.75 bits per heavy atom. The van der Waals surface area contributed by atoms with E-state index in [4.69, 9.17) is 0 Å². The van der Waals surface area contributed by atoms with Crippen LogP contribution < -0.4 is 16.2 Å². The molecule has 0 aromatic carbocycles. The highest BCUT2D eigenvalue weighted by Gasteiger charge is 2.46. The van der Waals surface area contributed by atoms with Gasteiger partial charge in [-0.2, -0.15) is 13.2 Å². The van der Waals surface area contributed by atoms with Crippen molar-refractivity contribution >= 4 is 5.91 Å². The van der Waals surface area contributed by atoms with Crippen molar-refractivity contribution in [3.05, 3.63) is 30.1 Å². The highest BCUT2D eigenvalue weighted by molar-refractivity contribution is 5.82. The zero-order chi connectivity index (χ0) is 14.8. The van der Waals surface area contributed by atoms with Crippen molar-refractivity contribution in [3.8, 4) is 0 Å². The Kier molecular flexibility index (Phi) is 4.24. The van der Waals surface area contributed by atoms with Crippen LogP contribution in [0.3, 0.4) is 0 Å². The van der Waals surface area contributed by atoms with Gasteiger partial charge in [0.25, 0.3) is 0 Å². The summed E-state index contributed by atoms with van der Waals surface area (Å²) in [4.78, 5) is 16.0. The number of carbonyl (C=O) groups excluding carboxylic acids is 1. The van der Waals surface area contributed by atoms with E-state index in [1.807, 2.05) is 0 Å². The first-order valence-electron chi connectivity index (χ1n) is 6.17. The highest BCUT2D eigenvalue weighted by Crippen LogP contribution is 2.25. The molecule has 5 nitrogen and oxygen atoms in total. The van der Waals surface area contributed by atoms with Crippen molar-refractivity contribution in [2.75, 3.05) is 0 Å². The van der Waals surface area contributed by atoms with Crippen LogP contribution in [-0.2, 0) is 4.79 Å². The number of alkyl halides is 3. The summed E-state index contributed by atoms with van der Waals surface area (Å²) in [5, 5.41) is 2.64. The van der Waals surface area contributed by atoms with Gasteiger partial charge in [0.05, 0.1) is 11.7 Å². The summed E-state index contributed by atoms with van der Waals surface area (Å²) < 4.78 is 37.4. The minimum atomic E-state index is -4.37. The van der Waals surface area contributed by atoms with E-state index in [2.05, 4.69) is 21.2 Å². The van der Waals surface area contributed by atoms with Crippen LogP contribution in [0, 0.1) is 0 Å². The molecular formula is C12H15F3N4O. The quantitative estimate of drug-likeness (QED) is 0.778. The number of hydrazine groups is 1. The minimum Gasteiger partial charge on any atom is -0.347 e. The summed E-state index contributed by atoms with van der Waals surface area (Å²) in [6.07, 6.45) is -3.11. The van der Waals surface area contributed by atoms with E-state index >= 15 is 0 Å². The molecule has 1 aliphatic rings. The molecule has 0 bridgehead atoms. The fraction of sp³-hybridized carbons (Fsp3) is 0.500. The van der Waals surface area contributed by atoms with Crippen LogP contribution in [0.1, 0.15) is 25.1 Å². The standard InChI is InChI=1S/C12H15F3N4O/c1-7(8-4-2-3-5-16-8)17-11(20)9-6-10(19-18-9)12(13,14)15/h2-5,7,9-10,18-19H,6H2,1H3,(H,17,20). The molecule has 0 saturated carbocycles. The van der Waals surface area contributed by atoms with Crippen LogP contribution in [0.2, 0.25) is 0 Å². The smallest absolute Gasteiger partial charge is 0.347 e. The average Bonchev–Trinajstić information content (AvgIpc) is 2.89. The van der Waals surface area contributed by atoms with Crippen molar-refractivity contribution in [3.63, 3.8) is 0 Å². The van der Waals surface area contributed by atoms with Gasteiger partial charge in [0, 0.05) is 6.20 Å². The molecule has 0 aliphatic carbocycles. The number of amides is 1. The maximum atomic E-state index is 12.5. The van der Waals surface area contributed by atoms with Crippen molar-refractivity contribution in [1.29, 1.82) is 0 Å². The molecule has 20 heavy (non-hydrogen) atoms. The molecule has 3 unspecified atom stereocenters. The lowest BCUT2D eigenvalue weighted by molar-refractivity contribution is -0.153. The number of hydrogen-bond acceptors (Lipinski definition) is 4. The van der Waals surface area contributed by atoms with Crippen LogP contribution in [0.25, 0.3) is 0 Å². The zero-order valence-corrected chi connectivity index (χ0v) is 10.7. The van der Waals surface area contributed by atoms with E-state index in [1.54, 1.807) is 31.3 Å². The number of hydrogen-bond donors (Lipinski definition) is 3. The normalized spacial score (nSPS) is 24.4. The Balaban J connectivity index is 1.90. The molecule has 2 rings (SSSR count). The summed E-state index contributed by atoms with van der Waals surface area (Å²) in [6, 6.07) is 2.28. The number of halogens is 3. The third-order valence-electron chi connectivity index (χ3n) is 3.10. The first-order chi connectivity index (χ1) is 9.38.